The number of hydrogen-bond donors (Lipinski definition) is 0. The van der Waals surface area contributed by atoms with Crippen molar-refractivity contribution in [1.29, 1.82) is 0 Å². The first-order valence-electron chi connectivity index (χ1n) is 8.41. The summed E-state index contributed by atoms with van der Waals surface area (Å²) in [6, 6.07) is 5.92. The van der Waals surface area contributed by atoms with Gasteiger partial charge in [-0.25, -0.2) is 4.39 Å². The fraction of sp³-hybridized carbons (Fsp3) is 0.333. The molecule has 134 valence electrons. The zero-order chi connectivity index (χ0) is 18.1. The monoisotopic (exact) mass is 356 g/mol. The number of aryl methyl sites for hydroxylation is 1. The average molecular weight is 356 g/mol. The van der Waals surface area contributed by atoms with E-state index in [4.69, 9.17) is 9.05 Å². The first-order chi connectivity index (χ1) is 12.6. The van der Waals surface area contributed by atoms with Gasteiger partial charge in [0.05, 0.1) is 11.6 Å². The van der Waals surface area contributed by atoms with E-state index in [1.54, 1.807) is 24.0 Å². The summed E-state index contributed by atoms with van der Waals surface area (Å²) in [4.78, 5) is 18.8. The van der Waals surface area contributed by atoms with E-state index in [0.29, 0.717) is 41.6 Å². The van der Waals surface area contributed by atoms with Crippen LogP contribution in [0.3, 0.4) is 0 Å². The predicted octanol–water partition coefficient (Wildman–Crippen LogP) is 3.19. The van der Waals surface area contributed by atoms with Crippen molar-refractivity contribution in [1.82, 2.24) is 20.2 Å². The number of aromatic nitrogens is 3. The van der Waals surface area contributed by atoms with Gasteiger partial charge in [0.1, 0.15) is 17.6 Å². The molecule has 0 aliphatic carbocycles. The van der Waals surface area contributed by atoms with Crippen molar-refractivity contribution in [2.45, 2.75) is 25.7 Å². The van der Waals surface area contributed by atoms with Gasteiger partial charge in [-0.3, -0.25) is 4.79 Å². The lowest BCUT2D eigenvalue weighted by atomic mass is 9.97. The number of carbonyl (C=O) groups excluding carboxylic acids is 1. The highest BCUT2D eigenvalue weighted by atomic mass is 19.1. The molecular formula is C18H17FN4O3. The van der Waals surface area contributed by atoms with Crippen LogP contribution in [0, 0.1) is 12.7 Å². The lowest BCUT2D eigenvalue weighted by Crippen LogP contribution is -2.39. The van der Waals surface area contributed by atoms with Gasteiger partial charge in [0, 0.05) is 18.7 Å². The number of likely N-dealkylation sites (tertiary alicyclic amines) is 1. The van der Waals surface area contributed by atoms with E-state index in [1.807, 2.05) is 0 Å². The minimum absolute atomic E-state index is 0.0328. The second-order valence-electron chi connectivity index (χ2n) is 6.37. The Kier molecular flexibility index (Phi) is 4.24. The van der Waals surface area contributed by atoms with Gasteiger partial charge in [-0.05, 0) is 44.0 Å². The fourth-order valence-corrected chi connectivity index (χ4v) is 3.15. The number of amides is 1. The second-order valence-corrected chi connectivity index (χ2v) is 6.37. The molecule has 1 amide bonds. The van der Waals surface area contributed by atoms with Gasteiger partial charge in [-0.1, -0.05) is 10.3 Å². The van der Waals surface area contributed by atoms with Gasteiger partial charge >= 0.3 is 0 Å². The average Bonchev–Trinajstić information content (AvgIpc) is 3.31. The van der Waals surface area contributed by atoms with Crippen LogP contribution in [0.1, 0.15) is 40.7 Å². The number of nitrogens with zero attached hydrogens (tertiary/aromatic N) is 4. The van der Waals surface area contributed by atoms with E-state index >= 15 is 0 Å². The Morgan fingerprint density at radius 1 is 1.27 bits per heavy atom. The molecule has 26 heavy (non-hydrogen) atoms. The summed E-state index contributed by atoms with van der Waals surface area (Å²) in [6.45, 7) is 2.90. The summed E-state index contributed by atoms with van der Waals surface area (Å²) in [5.74, 6) is 0.450. The minimum atomic E-state index is -0.317. The Morgan fingerprint density at radius 2 is 2.08 bits per heavy atom. The Balaban J connectivity index is 1.51. The Labute approximate surface area is 148 Å². The van der Waals surface area contributed by atoms with E-state index in [-0.39, 0.29) is 17.6 Å². The van der Waals surface area contributed by atoms with Gasteiger partial charge in [0.15, 0.2) is 0 Å². The number of piperidine rings is 1. The van der Waals surface area contributed by atoms with Crippen LogP contribution < -0.4 is 0 Å². The molecule has 3 heterocycles. The lowest BCUT2D eigenvalue weighted by molar-refractivity contribution is 0.0694. The van der Waals surface area contributed by atoms with Crippen LogP contribution in [-0.4, -0.2) is 39.2 Å². The van der Waals surface area contributed by atoms with Crippen molar-refractivity contribution in [3.05, 3.63) is 53.5 Å². The number of rotatable bonds is 3. The standard InChI is InChI=1S/C18H17FN4O3/c1-11-15(10-25-21-11)18(24)23-8-2-3-13(9-23)17-20-16(22-26-17)12-4-6-14(19)7-5-12/h4-7,10,13H,2-3,8-9H2,1H3/t13-/m0/s1. The largest absolute Gasteiger partial charge is 0.364 e. The topological polar surface area (TPSA) is 85.3 Å². The first-order valence-corrected chi connectivity index (χ1v) is 8.41. The molecule has 0 N–H and O–H groups in total. The van der Waals surface area contributed by atoms with E-state index in [0.717, 1.165) is 12.8 Å². The maximum Gasteiger partial charge on any atom is 0.259 e. The molecule has 1 aromatic carbocycles. The van der Waals surface area contributed by atoms with Gasteiger partial charge in [-0.2, -0.15) is 4.98 Å². The quantitative estimate of drug-likeness (QED) is 0.716. The van der Waals surface area contributed by atoms with Gasteiger partial charge in [0.25, 0.3) is 5.91 Å². The molecule has 8 heteroatoms. The third kappa shape index (κ3) is 3.10. The third-order valence-corrected chi connectivity index (χ3v) is 4.58. The summed E-state index contributed by atoms with van der Waals surface area (Å²) in [6.07, 6.45) is 3.08. The zero-order valence-electron chi connectivity index (χ0n) is 14.2. The van der Waals surface area contributed by atoms with Gasteiger partial charge in [0.2, 0.25) is 11.7 Å². The second kappa shape index (κ2) is 6.70. The summed E-state index contributed by atoms with van der Waals surface area (Å²) in [5, 5.41) is 7.75. The van der Waals surface area contributed by atoms with E-state index in [1.165, 1.54) is 18.4 Å². The summed E-state index contributed by atoms with van der Waals surface area (Å²) < 4.78 is 23.3. The summed E-state index contributed by atoms with van der Waals surface area (Å²) >= 11 is 0. The molecule has 1 atom stereocenters. The number of hydrogen-bond acceptors (Lipinski definition) is 6. The van der Waals surface area contributed by atoms with E-state index in [9.17, 15) is 9.18 Å². The van der Waals surface area contributed by atoms with Crippen molar-refractivity contribution in [2.24, 2.45) is 0 Å². The van der Waals surface area contributed by atoms with Crippen LogP contribution >= 0.6 is 0 Å². The lowest BCUT2D eigenvalue weighted by Gasteiger charge is -2.30. The van der Waals surface area contributed by atoms with Crippen LogP contribution in [0.4, 0.5) is 4.39 Å². The van der Waals surface area contributed by atoms with E-state index in [2.05, 4.69) is 15.3 Å². The molecule has 4 rings (SSSR count). The molecular weight excluding hydrogens is 339 g/mol. The highest BCUT2D eigenvalue weighted by Gasteiger charge is 2.30. The van der Waals surface area contributed by atoms with Crippen LogP contribution in [0.25, 0.3) is 11.4 Å². The molecule has 7 nitrogen and oxygen atoms in total. The highest BCUT2D eigenvalue weighted by Crippen LogP contribution is 2.28. The third-order valence-electron chi connectivity index (χ3n) is 4.58. The molecule has 0 radical (unpaired) electrons. The Bertz CT molecular complexity index is 919. The normalized spacial score (nSPS) is 17.5. The zero-order valence-corrected chi connectivity index (χ0v) is 14.2. The SMILES string of the molecule is Cc1nocc1C(=O)N1CCC[C@H](c2nc(-c3ccc(F)cc3)no2)C1. The fourth-order valence-electron chi connectivity index (χ4n) is 3.15. The predicted molar refractivity (Wildman–Crippen MR) is 88.8 cm³/mol. The van der Waals surface area contributed by atoms with Crippen molar-refractivity contribution < 1.29 is 18.2 Å². The maximum absolute atomic E-state index is 13.0. The first kappa shape index (κ1) is 16.4. The van der Waals surface area contributed by atoms with Crippen molar-refractivity contribution in [2.75, 3.05) is 13.1 Å². The number of carbonyl (C=O) groups is 1. The Hall–Kier alpha value is -3.03. The molecule has 1 aliphatic heterocycles. The minimum Gasteiger partial charge on any atom is -0.364 e. The maximum atomic E-state index is 13.0. The molecule has 0 saturated carbocycles. The van der Waals surface area contributed by atoms with Crippen LogP contribution in [-0.2, 0) is 0 Å². The highest BCUT2D eigenvalue weighted by molar-refractivity contribution is 5.94. The molecule has 2 aromatic heterocycles. The summed E-state index contributed by atoms with van der Waals surface area (Å²) in [5.41, 5.74) is 1.74. The van der Waals surface area contributed by atoms with Crippen LogP contribution in [0.15, 0.2) is 39.6 Å². The molecule has 1 saturated heterocycles. The van der Waals surface area contributed by atoms with Crippen LogP contribution in [0.5, 0.6) is 0 Å². The van der Waals surface area contributed by atoms with Gasteiger partial charge in [-0.15, -0.1) is 0 Å². The van der Waals surface area contributed by atoms with Crippen molar-refractivity contribution in [3.8, 4) is 11.4 Å². The van der Waals surface area contributed by atoms with Crippen molar-refractivity contribution in [3.63, 3.8) is 0 Å². The van der Waals surface area contributed by atoms with E-state index < -0.39 is 0 Å². The summed E-state index contributed by atoms with van der Waals surface area (Å²) in [7, 11) is 0. The molecule has 0 bridgehead atoms. The number of halogens is 1. The Morgan fingerprint density at radius 3 is 2.81 bits per heavy atom. The number of benzene rings is 1. The smallest absolute Gasteiger partial charge is 0.259 e. The van der Waals surface area contributed by atoms with Gasteiger partial charge < -0.3 is 13.9 Å². The molecule has 0 unspecified atom stereocenters. The molecule has 0 spiro atoms. The van der Waals surface area contributed by atoms with Crippen LogP contribution in [0.2, 0.25) is 0 Å². The van der Waals surface area contributed by atoms with Crippen molar-refractivity contribution >= 4 is 5.91 Å². The molecule has 1 fully saturated rings. The molecule has 3 aromatic rings. The molecule has 1 aliphatic rings.